The van der Waals surface area contributed by atoms with E-state index >= 15 is 0 Å². The normalized spacial score (nSPS) is 19.9. The van der Waals surface area contributed by atoms with Gasteiger partial charge in [0.1, 0.15) is 0 Å². The van der Waals surface area contributed by atoms with Crippen LogP contribution in [0.25, 0.3) is 0 Å². The van der Waals surface area contributed by atoms with Crippen LogP contribution in [0.15, 0.2) is 9.88 Å². The molecule has 0 nitrogen and oxygen atoms in total. The van der Waals surface area contributed by atoms with Crippen LogP contribution in [0.5, 0.6) is 0 Å². The van der Waals surface area contributed by atoms with Crippen molar-refractivity contribution in [3.8, 4) is 0 Å². The summed E-state index contributed by atoms with van der Waals surface area (Å²) >= 11 is 2.74. The predicted molar refractivity (Wildman–Crippen MR) is 73.6 cm³/mol. The summed E-state index contributed by atoms with van der Waals surface area (Å²) < 4.78 is 1.70. The molecule has 0 unspecified atom stereocenters. The van der Waals surface area contributed by atoms with Gasteiger partial charge in [0.2, 0.25) is 0 Å². The number of thioether (sulfide) groups is 1. The monoisotopic (exact) mass is 292 g/mol. The fraction of sp³-hybridized carbons (Fsp3) is 0.846. The van der Waals surface area contributed by atoms with Gasteiger partial charge < -0.3 is 0 Å². The van der Waals surface area contributed by atoms with Crippen molar-refractivity contribution in [1.82, 2.24) is 0 Å². The van der Waals surface area contributed by atoms with Gasteiger partial charge in [0.25, 0.3) is 0 Å². The molecule has 1 aliphatic rings. The van der Waals surface area contributed by atoms with Crippen LogP contribution in [-0.4, -0.2) is 21.2 Å². The molecule has 0 aromatic heterocycles. The van der Waals surface area contributed by atoms with Gasteiger partial charge in [0, 0.05) is 0 Å². The Labute approximate surface area is 106 Å². The van der Waals surface area contributed by atoms with E-state index in [1.165, 1.54) is 37.4 Å². The number of rotatable bonds is 5. The third-order valence-corrected chi connectivity index (χ3v) is 7.61. The SMILES string of the molecule is CS/C(=C/C1CCCCC1)[Se]CC(C)C. The van der Waals surface area contributed by atoms with E-state index in [-0.39, 0.29) is 0 Å². The molecule has 88 valence electrons. The van der Waals surface area contributed by atoms with E-state index in [4.69, 9.17) is 0 Å². The zero-order valence-electron chi connectivity index (χ0n) is 10.3. The maximum atomic E-state index is 2.60. The fourth-order valence-corrected chi connectivity index (χ4v) is 5.11. The van der Waals surface area contributed by atoms with Crippen molar-refractivity contribution < 1.29 is 0 Å². The van der Waals surface area contributed by atoms with Crippen molar-refractivity contribution in [3.05, 3.63) is 9.88 Å². The Hall–Kier alpha value is 0.609. The van der Waals surface area contributed by atoms with E-state index in [1.807, 2.05) is 11.8 Å². The molecule has 0 spiro atoms. The van der Waals surface area contributed by atoms with E-state index in [2.05, 4.69) is 26.2 Å². The zero-order chi connectivity index (χ0) is 11.1. The van der Waals surface area contributed by atoms with Crippen LogP contribution in [0.3, 0.4) is 0 Å². The number of hydrogen-bond donors (Lipinski definition) is 0. The average molecular weight is 291 g/mol. The summed E-state index contributed by atoms with van der Waals surface area (Å²) in [6.07, 6.45) is 12.1. The minimum atomic E-state index is 0.741. The first-order valence-corrected chi connectivity index (χ1v) is 9.40. The van der Waals surface area contributed by atoms with Crippen LogP contribution >= 0.6 is 11.8 Å². The predicted octanol–water partition coefficient (Wildman–Crippen LogP) is 4.55. The molecular formula is C13H24SSe. The molecule has 2 heteroatoms. The van der Waals surface area contributed by atoms with Crippen molar-refractivity contribution in [2.75, 3.05) is 6.26 Å². The first-order chi connectivity index (χ1) is 7.22. The average Bonchev–Trinajstić information content (AvgIpc) is 2.25. The molecule has 1 aliphatic carbocycles. The molecule has 1 fully saturated rings. The Kier molecular flexibility index (Phi) is 7.12. The quantitative estimate of drug-likeness (QED) is 0.670. The Bertz CT molecular complexity index is 193. The van der Waals surface area contributed by atoms with E-state index < -0.39 is 0 Å². The number of allylic oxidation sites excluding steroid dienone is 1. The van der Waals surface area contributed by atoms with Gasteiger partial charge in [-0.3, -0.25) is 0 Å². The summed E-state index contributed by atoms with van der Waals surface area (Å²) in [6.45, 7) is 4.67. The Balaban J connectivity index is 2.37. The summed E-state index contributed by atoms with van der Waals surface area (Å²) in [6, 6.07) is 0. The van der Waals surface area contributed by atoms with Crippen LogP contribution in [0, 0.1) is 11.8 Å². The van der Waals surface area contributed by atoms with E-state index in [0.29, 0.717) is 0 Å². The second-order valence-electron chi connectivity index (χ2n) is 4.79. The molecule has 1 saturated carbocycles. The fourth-order valence-electron chi connectivity index (χ4n) is 1.92. The van der Waals surface area contributed by atoms with Gasteiger partial charge in [0.15, 0.2) is 0 Å². The van der Waals surface area contributed by atoms with E-state index in [9.17, 15) is 0 Å². The third kappa shape index (κ3) is 6.04. The third-order valence-electron chi connectivity index (χ3n) is 2.78. The first kappa shape index (κ1) is 13.7. The summed E-state index contributed by atoms with van der Waals surface area (Å²) in [5, 5.41) is 1.41. The van der Waals surface area contributed by atoms with Crippen molar-refractivity contribution >= 4 is 26.7 Å². The van der Waals surface area contributed by atoms with Crippen LogP contribution in [0.4, 0.5) is 0 Å². The molecule has 0 aliphatic heterocycles. The van der Waals surface area contributed by atoms with Gasteiger partial charge in [-0.1, -0.05) is 0 Å². The summed E-state index contributed by atoms with van der Waals surface area (Å²) in [4.78, 5) is 0. The summed E-state index contributed by atoms with van der Waals surface area (Å²) in [7, 11) is 0. The van der Waals surface area contributed by atoms with Crippen molar-refractivity contribution in [2.24, 2.45) is 11.8 Å². The molecule has 15 heavy (non-hydrogen) atoms. The van der Waals surface area contributed by atoms with Crippen LogP contribution in [0.2, 0.25) is 5.32 Å². The number of hydrogen-bond acceptors (Lipinski definition) is 1. The first-order valence-electron chi connectivity index (χ1n) is 6.11. The van der Waals surface area contributed by atoms with Gasteiger partial charge in [0.05, 0.1) is 0 Å². The van der Waals surface area contributed by atoms with Gasteiger partial charge in [-0.2, -0.15) is 0 Å². The topological polar surface area (TPSA) is 0 Å². The molecule has 0 radical (unpaired) electrons. The van der Waals surface area contributed by atoms with E-state index in [1.54, 1.807) is 3.80 Å². The molecular weight excluding hydrogens is 267 g/mol. The van der Waals surface area contributed by atoms with Crippen molar-refractivity contribution in [1.29, 1.82) is 0 Å². The Morgan fingerprint density at radius 1 is 1.33 bits per heavy atom. The second kappa shape index (κ2) is 7.81. The summed E-state index contributed by atoms with van der Waals surface area (Å²) in [5.74, 6) is 1.78. The maximum absolute atomic E-state index is 2.60. The van der Waals surface area contributed by atoms with Crippen LogP contribution in [0.1, 0.15) is 46.0 Å². The van der Waals surface area contributed by atoms with Crippen LogP contribution < -0.4 is 0 Å². The second-order valence-corrected chi connectivity index (χ2v) is 8.45. The zero-order valence-corrected chi connectivity index (χ0v) is 12.8. The van der Waals surface area contributed by atoms with Gasteiger partial charge in [-0.25, -0.2) is 0 Å². The van der Waals surface area contributed by atoms with Crippen molar-refractivity contribution in [2.45, 2.75) is 51.3 Å². The van der Waals surface area contributed by atoms with Gasteiger partial charge in [-0.05, 0) is 0 Å². The van der Waals surface area contributed by atoms with Gasteiger partial charge >= 0.3 is 106 Å². The summed E-state index contributed by atoms with van der Waals surface area (Å²) in [5.41, 5.74) is 0. The molecule has 0 saturated heterocycles. The molecule has 0 heterocycles. The van der Waals surface area contributed by atoms with Gasteiger partial charge in [-0.15, -0.1) is 0 Å². The standard InChI is InChI=1S/C13H24SSe/c1-11(2)10-15-13(14-3)9-12-7-5-4-6-8-12/h9,11-12H,4-8,10H2,1-3H3/b13-9-. The molecule has 0 bridgehead atoms. The Morgan fingerprint density at radius 2 is 2.00 bits per heavy atom. The van der Waals surface area contributed by atoms with Crippen molar-refractivity contribution in [3.63, 3.8) is 0 Å². The van der Waals surface area contributed by atoms with E-state index in [0.717, 1.165) is 26.8 Å². The Morgan fingerprint density at radius 3 is 2.53 bits per heavy atom. The van der Waals surface area contributed by atoms with Crippen LogP contribution in [-0.2, 0) is 0 Å². The minimum absolute atomic E-state index is 0.741. The molecule has 0 aromatic rings. The molecule has 1 rings (SSSR count). The molecule has 0 amide bonds. The molecule has 0 N–H and O–H groups in total. The molecule has 0 aromatic carbocycles. The molecule has 0 atom stereocenters.